The number of carboxylic acids is 4. The number of carbonyl (C=O) groups is 8. The van der Waals surface area contributed by atoms with Crippen LogP contribution in [0.25, 0.3) is 66.9 Å². The van der Waals surface area contributed by atoms with Crippen molar-refractivity contribution in [1.29, 1.82) is 15.8 Å². The van der Waals surface area contributed by atoms with Crippen LogP contribution in [-0.4, -0.2) is 210 Å². The van der Waals surface area contributed by atoms with Crippen LogP contribution in [0.5, 0.6) is 0 Å². The highest BCUT2D eigenvalue weighted by Gasteiger charge is 2.43. The van der Waals surface area contributed by atoms with E-state index in [1.807, 2.05) is 102 Å². The number of carboxylic acid groups (broad SMARTS) is 4. The van der Waals surface area contributed by atoms with Gasteiger partial charge in [-0.25, -0.2) is 68.3 Å². The maximum absolute atomic E-state index is 12.0. The fourth-order valence-corrected chi connectivity index (χ4v) is 19.6. The minimum Gasteiger partial charge on any atom is -0.478 e. The van der Waals surface area contributed by atoms with Crippen LogP contribution >= 0.6 is 0 Å². The molecule has 37 nitrogen and oxygen atoms in total. The molecule has 4 aromatic carbocycles. The van der Waals surface area contributed by atoms with Crippen LogP contribution in [0.15, 0.2) is 214 Å². The smallest absolute Gasteiger partial charge is 0.349 e. The Labute approximate surface area is 843 Å². The first kappa shape index (κ1) is 109. The molecule has 0 saturated heterocycles. The van der Waals surface area contributed by atoms with Gasteiger partial charge in [-0.3, -0.25) is 14.0 Å². The van der Waals surface area contributed by atoms with Crippen LogP contribution in [0.2, 0.25) is 77.1 Å². The zero-order chi connectivity index (χ0) is 104. The van der Waals surface area contributed by atoms with Crippen molar-refractivity contribution in [1.82, 2.24) is 72.9 Å². The monoisotopic (exact) mass is 2020 g/mol. The van der Waals surface area contributed by atoms with Crippen molar-refractivity contribution in [2.24, 2.45) is 17.8 Å². The van der Waals surface area contributed by atoms with Crippen molar-refractivity contribution in [3.63, 3.8) is 0 Å². The highest BCUT2D eigenvalue weighted by Crippen LogP contribution is 2.41. The Kier molecular flexibility index (Phi) is 39.4. The second kappa shape index (κ2) is 52.4. The third-order valence-corrected chi connectivity index (χ3v) is 30.3. The number of aliphatic carboxylic acids is 4. The second-order valence-corrected chi connectivity index (χ2v) is 56.3. The zero-order valence-corrected chi connectivity index (χ0v) is 85.9. The maximum Gasteiger partial charge on any atom is 0.349 e. The molecule has 0 amide bonds. The number of carbonyl (C=O) groups excluding carboxylic acids is 4. The van der Waals surface area contributed by atoms with Crippen molar-refractivity contribution >= 4 is 105 Å². The minimum atomic E-state index is -2.21. The Morgan fingerprint density at radius 2 is 0.572 bits per heavy atom. The molecule has 7 atom stereocenters. The Morgan fingerprint density at radius 1 is 0.345 bits per heavy atom. The summed E-state index contributed by atoms with van der Waals surface area (Å²) in [6.45, 7) is 25.0. The summed E-state index contributed by atoms with van der Waals surface area (Å²) in [6, 6.07) is 46.8. The van der Waals surface area contributed by atoms with Gasteiger partial charge in [0.25, 0.3) is 0 Å². The molecule has 760 valence electrons. The first-order valence-electron chi connectivity index (χ1n) is 48.5. The van der Waals surface area contributed by atoms with Gasteiger partial charge in [0.1, 0.15) is 56.1 Å². The largest absolute Gasteiger partial charge is 0.478 e. The molecule has 16 rings (SSSR count). The van der Waals surface area contributed by atoms with Gasteiger partial charge in [0.15, 0.2) is 0 Å². The Balaban J connectivity index is 0.000000162. The SMILES string of the molecule is C[Si](C)(C)CCOCn1ccc2c(-c3cnn(C(CC#N)C4CCCC4)c3)ncnc21.C[Si](C)(C)CCOCn1ccc2c(-c3cnn([C@H](CC#N)C4CCCC4)c3)ncnc21.C[Si](C)(C)CCOCn1ccc2c(-c3cnn([C@H](CC#N)C4CCCC4)c3)ncnc21.O=C(O[C@H](C(=O)O)[C@H](OC(=O)c1ccccc1)C(=O)O)c1ccccc1.O=C(O[C@H](C(=O)O)[C@H](OC(=O)c1ccccc1)C(=O)O)c1ccccc1. The highest BCUT2D eigenvalue weighted by atomic mass is 28.3. The summed E-state index contributed by atoms with van der Waals surface area (Å²) in [5.41, 5.74) is 8.23. The number of esters is 4. The van der Waals surface area contributed by atoms with E-state index in [1.54, 1.807) is 43.2 Å². The lowest BCUT2D eigenvalue weighted by Gasteiger charge is -2.21. The van der Waals surface area contributed by atoms with Crippen molar-refractivity contribution in [2.45, 2.75) is 236 Å². The molecule has 13 aromatic rings. The summed E-state index contributed by atoms with van der Waals surface area (Å²) in [7, 11) is -3.30. The molecule has 0 radical (unpaired) electrons. The van der Waals surface area contributed by atoms with Gasteiger partial charge in [-0.1, -0.05) is 170 Å². The molecule has 1 unspecified atom stereocenters. The van der Waals surface area contributed by atoms with Crippen LogP contribution in [0, 0.1) is 51.7 Å². The standard InChI is InChI=1S/3C23H32N6OSi.2C18H14O8/c3*1-31(2,3)13-12-30-17-28-11-9-20-22(25-16-26-23(20)28)19-14-27-29(15-19)21(8-10-24)18-6-4-5-7-18;2*19-15(20)13(25-17(23)11-7-3-1-4-8-11)14(16(21)22)26-18(24)12-9-5-2-6-10-12/h3*9,11,14-16,18,21H,4-8,12-13,17H2,1-3H3;2*1-10,13-14H,(H,19,20)(H,21,22)/t2*21-;;2*13-,14-/m11.00/s1. The lowest BCUT2D eigenvalue weighted by Crippen LogP contribution is -2.45. The number of hydrogen-bond donors (Lipinski definition) is 4. The molecule has 40 heteroatoms. The van der Waals surface area contributed by atoms with Gasteiger partial charge in [0.05, 0.1) is 114 Å². The van der Waals surface area contributed by atoms with Crippen LogP contribution in [0.1, 0.15) is 156 Å². The predicted molar refractivity (Wildman–Crippen MR) is 545 cm³/mol. The van der Waals surface area contributed by atoms with Gasteiger partial charge in [-0.2, -0.15) is 31.1 Å². The molecule has 4 N–H and O–H groups in total. The number of benzene rings is 4. The van der Waals surface area contributed by atoms with Gasteiger partial charge >= 0.3 is 47.8 Å². The first-order chi connectivity index (χ1) is 69.7. The van der Waals surface area contributed by atoms with Gasteiger partial charge in [-0.05, 0) is 141 Å². The summed E-state index contributed by atoms with van der Waals surface area (Å²) >= 11 is 0. The van der Waals surface area contributed by atoms with Crippen LogP contribution in [0.3, 0.4) is 0 Å². The van der Waals surface area contributed by atoms with Crippen LogP contribution in [-0.2, 0) is 72.5 Å². The first-order valence-corrected chi connectivity index (χ1v) is 59.6. The fourth-order valence-electron chi connectivity index (χ4n) is 17.3. The van der Waals surface area contributed by atoms with E-state index >= 15 is 0 Å². The molecule has 3 aliphatic carbocycles. The maximum atomic E-state index is 12.0. The summed E-state index contributed by atoms with van der Waals surface area (Å²) in [4.78, 5) is 121. The fraction of sp³-hybridized carbons (Fsp3) is 0.410. The molecule has 0 spiro atoms. The number of nitrogens with zero attached hydrogens (tertiary/aromatic N) is 18. The van der Waals surface area contributed by atoms with Gasteiger partial charge in [-0.15, -0.1) is 0 Å². The van der Waals surface area contributed by atoms with E-state index in [0.29, 0.717) is 57.2 Å². The molecule has 145 heavy (non-hydrogen) atoms. The molecule has 3 aliphatic rings. The van der Waals surface area contributed by atoms with E-state index in [4.69, 9.17) is 33.2 Å². The highest BCUT2D eigenvalue weighted by molar-refractivity contribution is 6.76. The number of nitriles is 3. The van der Waals surface area contributed by atoms with Crippen molar-refractivity contribution in [3.05, 3.63) is 237 Å². The minimum absolute atomic E-state index is 0.0253. The van der Waals surface area contributed by atoms with Crippen LogP contribution < -0.4 is 0 Å². The number of aromatic nitrogens is 15. The Bertz CT molecular complexity index is 5930. The lowest BCUT2D eigenvalue weighted by atomic mass is 9.96. The Morgan fingerprint density at radius 3 is 0.779 bits per heavy atom. The number of hydrogen-bond acceptors (Lipinski definition) is 27. The summed E-state index contributed by atoms with van der Waals surface area (Å²) in [5, 5.41) is 81.8. The van der Waals surface area contributed by atoms with Crippen molar-refractivity contribution in [2.75, 3.05) is 19.8 Å². The third-order valence-electron chi connectivity index (χ3n) is 25.2. The number of ether oxygens (including phenoxy) is 7. The van der Waals surface area contributed by atoms with Gasteiger partial charge in [0.2, 0.25) is 24.4 Å². The normalized spacial score (nSPS) is 14.8. The quantitative estimate of drug-likeness (QED) is 0.0120. The van der Waals surface area contributed by atoms with E-state index in [1.165, 1.54) is 174 Å². The zero-order valence-electron chi connectivity index (χ0n) is 82.9. The summed E-state index contributed by atoms with van der Waals surface area (Å²) in [6.07, 6.45) is 29.8. The molecule has 0 aliphatic heterocycles. The second-order valence-electron chi connectivity index (χ2n) is 39.4. The van der Waals surface area contributed by atoms with Crippen LogP contribution in [0.4, 0.5) is 0 Å². The average Bonchev–Trinajstić information content (AvgIpc) is 1.64. The number of rotatable bonds is 41. The van der Waals surface area contributed by atoms with E-state index in [-0.39, 0.29) is 40.4 Å². The third kappa shape index (κ3) is 31.1. The van der Waals surface area contributed by atoms with Crippen molar-refractivity contribution < 1.29 is 91.9 Å². The average molecular weight is 2030 g/mol. The molecular formula is C105H124N18O19Si3. The lowest BCUT2D eigenvalue weighted by molar-refractivity contribution is -0.166. The Hall–Kier alpha value is -14.9. The predicted octanol–water partition coefficient (Wildman–Crippen LogP) is 19.0. The molecule has 0 bridgehead atoms. The van der Waals surface area contributed by atoms with Gasteiger partial charge < -0.3 is 67.3 Å². The van der Waals surface area contributed by atoms with Crippen molar-refractivity contribution in [3.8, 4) is 52.0 Å². The van der Waals surface area contributed by atoms with E-state index in [9.17, 15) is 74.6 Å². The van der Waals surface area contributed by atoms with E-state index in [0.717, 1.165) is 105 Å². The van der Waals surface area contributed by atoms with Gasteiger partial charge in [0, 0.05) is 114 Å². The summed E-state index contributed by atoms with van der Waals surface area (Å²) < 4.78 is 48.9. The molecule has 3 saturated carbocycles. The molecule has 3 fully saturated rings. The topological polar surface area (TPSA) is 499 Å². The van der Waals surface area contributed by atoms with E-state index in [2.05, 4.69) is 122 Å². The molecular weight excluding hydrogens is 1900 g/mol. The summed E-state index contributed by atoms with van der Waals surface area (Å²) in [5.74, 6) is -9.66. The molecule has 9 heterocycles. The number of fused-ring (bicyclic) bond motifs is 3. The molecule has 9 aromatic heterocycles. The van der Waals surface area contributed by atoms with E-state index < -0.39 is 96.4 Å².